The second kappa shape index (κ2) is 8.01. The Labute approximate surface area is 154 Å². The largest absolute Gasteiger partial charge is 0.352 e. The van der Waals surface area contributed by atoms with Gasteiger partial charge in [-0.15, -0.1) is 23.1 Å². The van der Waals surface area contributed by atoms with Gasteiger partial charge in [0.25, 0.3) is 5.91 Å². The molecule has 0 spiro atoms. The van der Waals surface area contributed by atoms with Crippen molar-refractivity contribution < 1.29 is 4.79 Å². The lowest BCUT2D eigenvalue weighted by Gasteiger charge is -2.07. The molecule has 0 bridgehead atoms. The van der Waals surface area contributed by atoms with Gasteiger partial charge in [-0.3, -0.25) is 4.79 Å². The predicted molar refractivity (Wildman–Crippen MR) is 104 cm³/mol. The summed E-state index contributed by atoms with van der Waals surface area (Å²) in [5, 5.41) is 4.53. The van der Waals surface area contributed by atoms with Crippen molar-refractivity contribution in [3.63, 3.8) is 0 Å². The van der Waals surface area contributed by atoms with E-state index in [1.807, 2.05) is 36.6 Å². The van der Waals surface area contributed by atoms with Crippen LogP contribution in [0.15, 0.2) is 47.4 Å². The second-order valence-corrected chi connectivity index (χ2v) is 7.68. The van der Waals surface area contributed by atoms with Crippen molar-refractivity contribution >= 4 is 50.8 Å². The first-order valence-corrected chi connectivity index (χ1v) is 10.1. The van der Waals surface area contributed by atoms with Crippen molar-refractivity contribution in [2.45, 2.75) is 17.7 Å². The summed E-state index contributed by atoms with van der Waals surface area (Å²) < 4.78 is 1.21. The van der Waals surface area contributed by atoms with Gasteiger partial charge < -0.3 is 5.32 Å². The van der Waals surface area contributed by atoms with Crippen molar-refractivity contribution in [3.8, 4) is 0 Å². The van der Waals surface area contributed by atoms with Crippen LogP contribution in [-0.2, 0) is 6.42 Å². The van der Waals surface area contributed by atoms with Crippen LogP contribution in [0.1, 0.15) is 21.8 Å². The number of amides is 1. The highest BCUT2D eigenvalue weighted by atomic mass is 35.5. The maximum absolute atomic E-state index is 12.3. The van der Waals surface area contributed by atoms with Crippen molar-refractivity contribution in [2.75, 3.05) is 12.8 Å². The van der Waals surface area contributed by atoms with Crippen molar-refractivity contribution in [1.29, 1.82) is 0 Å². The average Bonchev–Trinajstić information content (AvgIpc) is 3.01. The van der Waals surface area contributed by atoms with Gasteiger partial charge in [-0.1, -0.05) is 23.7 Å². The monoisotopic (exact) mass is 376 g/mol. The number of hydrogen-bond donors (Lipinski definition) is 1. The fourth-order valence-corrected chi connectivity index (χ4v) is 4.02. The molecule has 2 aromatic carbocycles. The van der Waals surface area contributed by atoms with Gasteiger partial charge in [-0.05, 0) is 43.0 Å². The average molecular weight is 377 g/mol. The highest BCUT2D eigenvalue weighted by Crippen LogP contribution is 2.23. The molecule has 0 aliphatic rings. The molecule has 0 saturated carbocycles. The number of fused-ring (bicyclic) bond motifs is 1. The van der Waals surface area contributed by atoms with Gasteiger partial charge in [-0.2, -0.15) is 0 Å². The second-order valence-electron chi connectivity index (χ2n) is 5.28. The smallest absolute Gasteiger partial charge is 0.252 e. The van der Waals surface area contributed by atoms with E-state index in [2.05, 4.69) is 16.4 Å². The fourth-order valence-electron chi connectivity index (χ4n) is 2.37. The molecule has 124 valence electrons. The minimum absolute atomic E-state index is 0.125. The number of halogens is 1. The summed E-state index contributed by atoms with van der Waals surface area (Å²) >= 11 is 9.43. The Bertz CT molecular complexity index is 830. The van der Waals surface area contributed by atoms with E-state index < -0.39 is 0 Å². The van der Waals surface area contributed by atoms with Crippen LogP contribution in [0.4, 0.5) is 0 Å². The van der Waals surface area contributed by atoms with E-state index in [4.69, 9.17) is 11.6 Å². The van der Waals surface area contributed by atoms with Crippen LogP contribution in [0.3, 0.4) is 0 Å². The van der Waals surface area contributed by atoms with Gasteiger partial charge in [0.15, 0.2) is 0 Å². The minimum Gasteiger partial charge on any atom is -0.352 e. The summed E-state index contributed by atoms with van der Waals surface area (Å²) in [4.78, 5) is 17.9. The molecule has 0 atom stereocenters. The summed E-state index contributed by atoms with van der Waals surface area (Å²) in [7, 11) is 0. The van der Waals surface area contributed by atoms with Crippen LogP contribution in [0.5, 0.6) is 0 Å². The zero-order valence-corrected chi connectivity index (χ0v) is 15.6. The summed E-state index contributed by atoms with van der Waals surface area (Å²) in [5.74, 6) is -0.125. The summed E-state index contributed by atoms with van der Waals surface area (Å²) in [6.07, 6.45) is 3.69. The van der Waals surface area contributed by atoms with Crippen LogP contribution in [-0.4, -0.2) is 23.7 Å². The first kappa shape index (κ1) is 17.3. The molecule has 0 unspecified atom stereocenters. The maximum Gasteiger partial charge on any atom is 0.252 e. The number of thioether (sulfide) groups is 1. The number of hydrogen-bond acceptors (Lipinski definition) is 4. The number of benzene rings is 2. The molecule has 3 nitrogen and oxygen atoms in total. The Morgan fingerprint density at radius 2 is 2.12 bits per heavy atom. The third-order valence-electron chi connectivity index (χ3n) is 3.61. The Kier molecular flexibility index (Phi) is 5.76. The van der Waals surface area contributed by atoms with Crippen LogP contribution >= 0.6 is 34.7 Å². The fraction of sp³-hybridized carbons (Fsp3) is 0.222. The SMILES string of the molecule is CSc1ccc(Cl)c(C(=O)NCCCc2nc3ccccc3s2)c1. The number of nitrogens with one attached hydrogen (secondary N) is 1. The molecule has 1 N–H and O–H groups in total. The Balaban J connectivity index is 1.53. The first-order valence-electron chi connectivity index (χ1n) is 7.63. The van der Waals surface area contributed by atoms with Crippen LogP contribution < -0.4 is 5.32 Å². The van der Waals surface area contributed by atoms with E-state index in [-0.39, 0.29) is 5.91 Å². The van der Waals surface area contributed by atoms with Gasteiger partial charge in [0.1, 0.15) is 0 Å². The van der Waals surface area contributed by atoms with E-state index >= 15 is 0 Å². The Morgan fingerprint density at radius 3 is 2.92 bits per heavy atom. The molecule has 1 amide bonds. The number of nitrogens with zero attached hydrogens (tertiary/aromatic N) is 1. The number of rotatable bonds is 6. The van der Waals surface area contributed by atoms with Crippen molar-refractivity contribution in [3.05, 3.63) is 58.1 Å². The molecule has 0 fully saturated rings. The molecule has 3 aromatic rings. The molecular weight excluding hydrogens is 360 g/mol. The highest BCUT2D eigenvalue weighted by molar-refractivity contribution is 7.98. The molecule has 24 heavy (non-hydrogen) atoms. The van der Waals surface area contributed by atoms with E-state index in [9.17, 15) is 4.79 Å². The first-order chi connectivity index (χ1) is 11.7. The van der Waals surface area contributed by atoms with Crippen LogP contribution in [0, 0.1) is 0 Å². The lowest BCUT2D eigenvalue weighted by atomic mass is 10.2. The van der Waals surface area contributed by atoms with E-state index in [1.165, 1.54) is 4.70 Å². The number of thiazole rings is 1. The van der Waals surface area contributed by atoms with Gasteiger partial charge in [0.05, 0.1) is 25.8 Å². The number of carbonyl (C=O) groups is 1. The Morgan fingerprint density at radius 1 is 1.29 bits per heavy atom. The van der Waals surface area contributed by atoms with E-state index in [0.29, 0.717) is 17.1 Å². The van der Waals surface area contributed by atoms with Gasteiger partial charge in [0.2, 0.25) is 0 Å². The van der Waals surface area contributed by atoms with Crippen LogP contribution in [0.2, 0.25) is 5.02 Å². The van der Waals surface area contributed by atoms with Crippen molar-refractivity contribution in [1.82, 2.24) is 10.3 Å². The predicted octanol–water partition coefficient (Wildman–Crippen LogP) is 5.03. The normalized spacial score (nSPS) is 10.9. The standard InChI is InChI=1S/C18H17ClN2OS2/c1-23-12-8-9-14(19)13(11-12)18(22)20-10-4-7-17-21-15-5-2-3-6-16(15)24-17/h2-3,5-6,8-9,11H,4,7,10H2,1H3,(H,20,22). The summed E-state index contributed by atoms with van der Waals surface area (Å²) in [6.45, 7) is 0.606. The van der Waals surface area contributed by atoms with E-state index in [0.717, 1.165) is 28.3 Å². The lowest BCUT2D eigenvalue weighted by molar-refractivity contribution is 0.0953. The third-order valence-corrected chi connectivity index (χ3v) is 5.76. The molecule has 1 heterocycles. The van der Waals surface area contributed by atoms with Gasteiger partial charge in [0, 0.05) is 17.9 Å². The molecule has 0 aliphatic carbocycles. The highest BCUT2D eigenvalue weighted by Gasteiger charge is 2.11. The minimum atomic E-state index is -0.125. The van der Waals surface area contributed by atoms with Crippen LogP contribution in [0.25, 0.3) is 10.2 Å². The number of carbonyl (C=O) groups excluding carboxylic acids is 1. The number of aryl methyl sites for hydroxylation is 1. The molecule has 1 aromatic heterocycles. The molecule has 0 aliphatic heterocycles. The molecule has 0 saturated heterocycles. The topological polar surface area (TPSA) is 42.0 Å². The van der Waals surface area contributed by atoms with E-state index in [1.54, 1.807) is 29.2 Å². The number of para-hydroxylation sites is 1. The number of aromatic nitrogens is 1. The van der Waals surface area contributed by atoms with Crippen molar-refractivity contribution in [2.24, 2.45) is 0 Å². The summed E-state index contributed by atoms with van der Waals surface area (Å²) in [5.41, 5.74) is 1.57. The summed E-state index contributed by atoms with van der Waals surface area (Å²) in [6, 6.07) is 13.6. The zero-order chi connectivity index (χ0) is 16.9. The van der Waals surface area contributed by atoms with Gasteiger partial charge >= 0.3 is 0 Å². The lowest BCUT2D eigenvalue weighted by Crippen LogP contribution is -2.25. The molecule has 3 rings (SSSR count). The molecule has 0 radical (unpaired) electrons. The zero-order valence-electron chi connectivity index (χ0n) is 13.2. The molecule has 6 heteroatoms. The third kappa shape index (κ3) is 4.09. The van der Waals surface area contributed by atoms with Gasteiger partial charge in [-0.25, -0.2) is 4.98 Å². The quantitative estimate of drug-likeness (QED) is 0.484. The molecular formula is C18H17ClN2OS2. The maximum atomic E-state index is 12.3. The Hall–Kier alpha value is -1.56.